The molecule has 0 aromatic heterocycles. The molecule has 2 atom stereocenters. The van der Waals surface area contributed by atoms with Crippen LogP contribution in [0.2, 0.25) is 5.02 Å². The number of rotatable bonds is 3. The molecule has 1 aromatic rings. The van der Waals surface area contributed by atoms with Crippen LogP contribution < -0.4 is 5.32 Å². The zero-order valence-electron chi connectivity index (χ0n) is 18.4. The highest BCUT2D eigenvalue weighted by Crippen LogP contribution is 2.47. The van der Waals surface area contributed by atoms with Gasteiger partial charge in [-0.25, -0.2) is 0 Å². The van der Waals surface area contributed by atoms with E-state index in [1.807, 2.05) is 13.8 Å². The molecule has 2 unspecified atom stereocenters. The molecule has 2 aliphatic rings. The molecule has 1 aliphatic carbocycles. The Morgan fingerprint density at radius 1 is 1.29 bits per heavy atom. The van der Waals surface area contributed by atoms with Gasteiger partial charge in [-0.2, -0.15) is 0 Å². The number of hydrogen-bond donors (Lipinski definition) is 1. The topological polar surface area (TPSA) is 64.6 Å². The molecule has 0 radical (unpaired) electrons. The van der Waals surface area contributed by atoms with Crippen LogP contribution in [0.3, 0.4) is 0 Å². The zero-order chi connectivity index (χ0) is 23.0. The van der Waals surface area contributed by atoms with Gasteiger partial charge in [0.15, 0.2) is 0 Å². The highest BCUT2D eigenvalue weighted by Gasteiger charge is 2.53. The average molecular weight is 440 g/mol. The van der Waals surface area contributed by atoms with Crippen molar-refractivity contribution in [3.05, 3.63) is 39.6 Å². The summed E-state index contributed by atoms with van der Waals surface area (Å²) in [5.41, 5.74) is 1.20. The number of hydrogen-bond acceptors (Lipinski definition) is 4. The molecule has 5 nitrogen and oxygen atoms in total. The van der Waals surface area contributed by atoms with E-state index in [0.717, 1.165) is 16.7 Å². The molecule has 1 aromatic carbocycles. The summed E-state index contributed by atoms with van der Waals surface area (Å²) in [6.07, 6.45) is 9.05. The first-order chi connectivity index (χ1) is 14.5. The molecular formula is C25H26ClNO4. The van der Waals surface area contributed by atoms with Crippen molar-refractivity contribution in [3.8, 4) is 24.4 Å². The van der Waals surface area contributed by atoms with E-state index < -0.39 is 16.9 Å². The number of amides is 1. The Labute approximate surface area is 188 Å². The maximum absolute atomic E-state index is 13.2. The Balaban J connectivity index is 2.13. The molecule has 1 fully saturated rings. The lowest BCUT2D eigenvalue weighted by atomic mass is 9.90. The monoisotopic (exact) mass is 439 g/mol. The minimum atomic E-state index is -0.839. The van der Waals surface area contributed by atoms with Crippen molar-refractivity contribution in [2.24, 2.45) is 5.41 Å². The molecular weight excluding hydrogens is 414 g/mol. The number of ether oxygens (including phenoxy) is 2. The van der Waals surface area contributed by atoms with Gasteiger partial charge in [-0.3, -0.25) is 9.59 Å². The fraction of sp³-hybridized carbons (Fsp3) is 0.440. The van der Waals surface area contributed by atoms with Crippen molar-refractivity contribution in [1.82, 2.24) is 5.32 Å². The van der Waals surface area contributed by atoms with E-state index in [1.54, 1.807) is 32.9 Å². The number of aryl methyl sites for hydroxylation is 2. The van der Waals surface area contributed by atoms with Crippen LogP contribution in [0.1, 0.15) is 56.7 Å². The van der Waals surface area contributed by atoms with E-state index in [-0.39, 0.29) is 12.0 Å². The SMILES string of the molecule is C#CC#COC1CCC2(C1)NC(=O)C(c1c(C)cc(Cl)cc1C)=C2OC(=O)C(C)(C)C. The molecule has 1 N–H and O–H groups in total. The zero-order valence-corrected chi connectivity index (χ0v) is 19.2. The van der Waals surface area contributed by atoms with E-state index in [9.17, 15) is 9.59 Å². The number of halogens is 1. The number of benzene rings is 1. The molecule has 0 bridgehead atoms. The third kappa shape index (κ3) is 4.43. The average Bonchev–Trinajstić information content (AvgIpc) is 3.16. The predicted octanol–water partition coefficient (Wildman–Crippen LogP) is 4.29. The predicted molar refractivity (Wildman–Crippen MR) is 120 cm³/mol. The molecule has 0 saturated heterocycles. The maximum Gasteiger partial charge on any atom is 0.316 e. The molecule has 31 heavy (non-hydrogen) atoms. The standard InChI is InChI=1S/C25H26ClNO4/c1-7-8-11-30-18-9-10-25(14-18)21(31-23(29)24(4,5)6)20(22(28)27-25)19-15(2)12-17(26)13-16(19)3/h1,12-13,18H,9-10,14H2,2-6H3,(H,27,28). The third-order valence-corrected chi connectivity index (χ3v) is 5.83. The van der Waals surface area contributed by atoms with Crippen LogP contribution in [0.15, 0.2) is 17.9 Å². The first-order valence-corrected chi connectivity index (χ1v) is 10.5. The Morgan fingerprint density at radius 3 is 2.52 bits per heavy atom. The Bertz CT molecular complexity index is 1050. The highest BCUT2D eigenvalue weighted by atomic mass is 35.5. The molecule has 1 saturated carbocycles. The normalized spacial score (nSPS) is 22.6. The van der Waals surface area contributed by atoms with Crippen molar-refractivity contribution >= 4 is 29.1 Å². The van der Waals surface area contributed by atoms with Crippen molar-refractivity contribution in [1.29, 1.82) is 0 Å². The van der Waals surface area contributed by atoms with Gasteiger partial charge in [0.25, 0.3) is 5.91 Å². The summed E-state index contributed by atoms with van der Waals surface area (Å²) < 4.78 is 11.5. The van der Waals surface area contributed by atoms with Crippen molar-refractivity contribution in [2.45, 2.75) is 65.5 Å². The lowest BCUT2D eigenvalue weighted by Crippen LogP contribution is -2.44. The molecule has 162 valence electrons. The molecule has 1 aliphatic heterocycles. The van der Waals surface area contributed by atoms with E-state index >= 15 is 0 Å². The van der Waals surface area contributed by atoms with Crippen LogP contribution in [-0.2, 0) is 19.1 Å². The number of carbonyl (C=O) groups is 2. The van der Waals surface area contributed by atoms with Gasteiger partial charge >= 0.3 is 5.97 Å². The largest absolute Gasteiger partial charge is 0.443 e. The van der Waals surface area contributed by atoms with Gasteiger partial charge in [-0.1, -0.05) is 11.6 Å². The van der Waals surface area contributed by atoms with Crippen molar-refractivity contribution in [2.75, 3.05) is 0 Å². The van der Waals surface area contributed by atoms with Gasteiger partial charge in [-0.05, 0) is 82.2 Å². The minimum absolute atomic E-state index is 0.240. The van der Waals surface area contributed by atoms with Crippen molar-refractivity contribution < 1.29 is 19.1 Å². The fourth-order valence-electron chi connectivity index (χ4n) is 4.17. The number of esters is 1. The van der Waals surface area contributed by atoms with Gasteiger partial charge in [0.05, 0.1) is 11.0 Å². The fourth-order valence-corrected chi connectivity index (χ4v) is 4.50. The summed E-state index contributed by atoms with van der Waals surface area (Å²) in [7, 11) is 0. The van der Waals surface area contributed by atoms with Crippen LogP contribution in [-0.4, -0.2) is 23.5 Å². The summed E-state index contributed by atoms with van der Waals surface area (Å²) in [4.78, 5) is 26.1. The summed E-state index contributed by atoms with van der Waals surface area (Å²) in [5, 5.41) is 3.67. The summed E-state index contributed by atoms with van der Waals surface area (Å²) >= 11 is 6.20. The first kappa shape index (κ1) is 22.8. The van der Waals surface area contributed by atoms with Gasteiger partial charge in [0, 0.05) is 17.4 Å². The molecule has 3 rings (SSSR count). The van der Waals surface area contributed by atoms with Crippen LogP contribution >= 0.6 is 11.6 Å². The Kier molecular flexibility index (Phi) is 6.12. The summed E-state index contributed by atoms with van der Waals surface area (Å²) in [6, 6.07) is 3.60. The minimum Gasteiger partial charge on any atom is -0.443 e. The lowest BCUT2D eigenvalue weighted by Gasteiger charge is -2.28. The number of terminal acetylenes is 1. The maximum atomic E-state index is 13.2. The van der Waals surface area contributed by atoms with Gasteiger partial charge in [-0.15, -0.1) is 6.42 Å². The second-order valence-corrected chi connectivity index (χ2v) is 9.58. The van der Waals surface area contributed by atoms with Crippen LogP contribution in [0, 0.1) is 43.6 Å². The quantitative estimate of drug-likeness (QED) is 0.563. The Morgan fingerprint density at radius 2 is 1.94 bits per heavy atom. The van der Waals surface area contributed by atoms with Gasteiger partial charge in [0.2, 0.25) is 0 Å². The van der Waals surface area contributed by atoms with E-state index in [1.165, 1.54) is 0 Å². The third-order valence-electron chi connectivity index (χ3n) is 5.61. The Hall–Kier alpha value is -2.89. The van der Waals surface area contributed by atoms with Crippen LogP contribution in [0.5, 0.6) is 0 Å². The molecule has 1 amide bonds. The first-order valence-electron chi connectivity index (χ1n) is 10.2. The second-order valence-electron chi connectivity index (χ2n) is 9.15. The molecule has 1 spiro atoms. The summed E-state index contributed by atoms with van der Waals surface area (Å²) in [6.45, 7) is 9.11. The number of carbonyl (C=O) groups excluding carboxylic acids is 2. The van der Waals surface area contributed by atoms with E-state index in [0.29, 0.717) is 35.6 Å². The van der Waals surface area contributed by atoms with Gasteiger partial charge in [0.1, 0.15) is 23.5 Å². The molecule has 6 heteroatoms. The van der Waals surface area contributed by atoms with Crippen molar-refractivity contribution in [3.63, 3.8) is 0 Å². The highest BCUT2D eigenvalue weighted by molar-refractivity contribution is 6.31. The summed E-state index contributed by atoms with van der Waals surface area (Å²) in [5.74, 6) is 4.32. The van der Waals surface area contributed by atoms with E-state index in [4.69, 9.17) is 27.5 Å². The van der Waals surface area contributed by atoms with Gasteiger partial charge < -0.3 is 14.8 Å². The second kappa shape index (κ2) is 8.33. The lowest BCUT2D eigenvalue weighted by molar-refractivity contribution is -0.149. The van der Waals surface area contributed by atoms with E-state index in [2.05, 4.69) is 23.3 Å². The van der Waals surface area contributed by atoms with Crippen LogP contribution in [0.25, 0.3) is 5.57 Å². The smallest absolute Gasteiger partial charge is 0.316 e. The van der Waals surface area contributed by atoms with Crippen LogP contribution in [0.4, 0.5) is 0 Å². The number of nitrogens with one attached hydrogen (secondary N) is 1. The molecule has 1 heterocycles.